The maximum Gasteiger partial charge on any atom is 0.192 e. The molecule has 0 aliphatic heterocycles. The lowest BCUT2D eigenvalue weighted by molar-refractivity contribution is 0.534. The van der Waals surface area contributed by atoms with Crippen molar-refractivity contribution in [2.45, 2.75) is 31.3 Å². The van der Waals surface area contributed by atoms with Crippen LogP contribution in [-0.4, -0.2) is 14.8 Å². The summed E-state index contributed by atoms with van der Waals surface area (Å²) < 4.78 is 7.46. The van der Waals surface area contributed by atoms with Crippen LogP contribution in [0.15, 0.2) is 58.8 Å². The lowest BCUT2D eigenvalue weighted by Crippen LogP contribution is -2.00. The van der Waals surface area contributed by atoms with Gasteiger partial charge in [-0.3, -0.25) is 4.57 Å². The van der Waals surface area contributed by atoms with Crippen LogP contribution in [0.2, 0.25) is 0 Å². The molecule has 0 bridgehead atoms. The molecule has 0 radical (unpaired) electrons. The third kappa shape index (κ3) is 3.40. The fourth-order valence-electron chi connectivity index (χ4n) is 2.34. The van der Waals surface area contributed by atoms with Crippen molar-refractivity contribution >= 4 is 11.8 Å². The van der Waals surface area contributed by atoms with Crippen LogP contribution in [0.4, 0.5) is 0 Å². The summed E-state index contributed by atoms with van der Waals surface area (Å²) in [6.45, 7) is 8.54. The highest BCUT2D eigenvalue weighted by Crippen LogP contribution is 2.28. The Kier molecular flexibility index (Phi) is 4.67. The average molecular weight is 325 g/mol. The molecule has 0 aliphatic rings. The van der Waals surface area contributed by atoms with Crippen LogP contribution in [0.3, 0.4) is 0 Å². The molecule has 0 spiro atoms. The minimum atomic E-state index is 0.670. The Morgan fingerprint density at radius 3 is 2.61 bits per heavy atom. The second kappa shape index (κ2) is 6.87. The number of thioether (sulfide) groups is 1. The molecule has 3 rings (SSSR count). The smallest absolute Gasteiger partial charge is 0.192 e. The summed E-state index contributed by atoms with van der Waals surface area (Å²) in [6.07, 6.45) is 3.54. The van der Waals surface area contributed by atoms with Crippen molar-refractivity contribution in [3.05, 3.63) is 66.1 Å². The molecule has 4 nitrogen and oxygen atoms in total. The van der Waals surface area contributed by atoms with Crippen molar-refractivity contribution in [2.75, 3.05) is 0 Å². The molecular weight excluding hydrogens is 306 g/mol. The number of rotatable bonds is 6. The van der Waals surface area contributed by atoms with E-state index in [0.717, 1.165) is 28.1 Å². The van der Waals surface area contributed by atoms with E-state index >= 15 is 0 Å². The number of aromatic nitrogens is 3. The first kappa shape index (κ1) is 15.6. The molecule has 118 valence electrons. The van der Waals surface area contributed by atoms with E-state index in [4.69, 9.17) is 4.42 Å². The summed E-state index contributed by atoms with van der Waals surface area (Å²) in [7, 11) is 0. The highest BCUT2D eigenvalue weighted by molar-refractivity contribution is 7.98. The molecule has 0 unspecified atom stereocenters. The van der Waals surface area contributed by atoms with E-state index in [0.29, 0.717) is 6.54 Å². The molecule has 0 saturated carbocycles. The summed E-state index contributed by atoms with van der Waals surface area (Å²) in [6, 6.07) is 10.5. The third-order valence-corrected chi connectivity index (χ3v) is 4.65. The van der Waals surface area contributed by atoms with Crippen molar-refractivity contribution in [1.29, 1.82) is 0 Å². The molecule has 0 fully saturated rings. The fourth-order valence-corrected chi connectivity index (χ4v) is 3.24. The number of benzene rings is 1. The lowest BCUT2D eigenvalue weighted by Gasteiger charge is -2.07. The van der Waals surface area contributed by atoms with Crippen molar-refractivity contribution in [2.24, 2.45) is 0 Å². The minimum absolute atomic E-state index is 0.670. The van der Waals surface area contributed by atoms with E-state index in [1.807, 2.05) is 19.1 Å². The Morgan fingerprint density at radius 2 is 1.96 bits per heavy atom. The monoisotopic (exact) mass is 325 g/mol. The second-order valence-corrected chi connectivity index (χ2v) is 6.31. The number of furan rings is 1. The predicted molar refractivity (Wildman–Crippen MR) is 93.4 cm³/mol. The summed E-state index contributed by atoms with van der Waals surface area (Å²) in [5.41, 5.74) is 3.52. The number of hydrogen-bond donors (Lipinski definition) is 0. The number of hydrogen-bond acceptors (Lipinski definition) is 4. The van der Waals surface area contributed by atoms with Crippen LogP contribution < -0.4 is 0 Å². The van der Waals surface area contributed by atoms with Gasteiger partial charge in [-0.1, -0.05) is 47.7 Å². The molecule has 0 N–H and O–H groups in total. The highest BCUT2D eigenvalue weighted by atomic mass is 32.2. The molecule has 0 amide bonds. The van der Waals surface area contributed by atoms with Gasteiger partial charge in [0.1, 0.15) is 5.76 Å². The Morgan fingerprint density at radius 1 is 1.17 bits per heavy atom. The third-order valence-electron chi connectivity index (χ3n) is 3.62. The van der Waals surface area contributed by atoms with Gasteiger partial charge in [0.25, 0.3) is 0 Å². The van der Waals surface area contributed by atoms with Crippen LogP contribution in [0.1, 0.15) is 16.9 Å². The zero-order valence-electron chi connectivity index (χ0n) is 13.3. The van der Waals surface area contributed by atoms with E-state index in [9.17, 15) is 0 Å². The highest BCUT2D eigenvalue weighted by Gasteiger charge is 2.16. The molecule has 2 aromatic heterocycles. The fraction of sp³-hybridized carbons (Fsp3) is 0.222. The number of nitrogens with zero attached hydrogens (tertiary/aromatic N) is 3. The second-order valence-electron chi connectivity index (χ2n) is 5.37. The van der Waals surface area contributed by atoms with Gasteiger partial charge >= 0.3 is 0 Å². The Hall–Kier alpha value is -2.27. The number of aryl methyl sites for hydroxylation is 2. The molecule has 0 saturated heterocycles. The van der Waals surface area contributed by atoms with Gasteiger partial charge in [-0.05, 0) is 25.5 Å². The van der Waals surface area contributed by atoms with Gasteiger partial charge in [0.05, 0.1) is 11.8 Å². The van der Waals surface area contributed by atoms with Gasteiger partial charge in [-0.15, -0.1) is 16.8 Å². The minimum Gasteiger partial charge on any atom is -0.469 e. The SMILES string of the molecule is C=CCn1c(SCc2ccc(C)cc2)nnc1-c1ccoc1C. The number of allylic oxidation sites excluding steroid dienone is 1. The van der Waals surface area contributed by atoms with E-state index < -0.39 is 0 Å². The van der Waals surface area contributed by atoms with Gasteiger partial charge in [0.15, 0.2) is 11.0 Å². The lowest BCUT2D eigenvalue weighted by atomic mass is 10.2. The first-order chi connectivity index (χ1) is 11.2. The van der Waals surface area contributed by atoms with Crippen molar-refractivity contribution in [3.63, 3.8) is 0 Å². The molecular formula is C18H19N3OS. The summed E-state index contributed by atoms with van der Waals surface area (Å²) in [5, 5.41) is 9.59. The van der Waals surface area contributed by atoms with Crippen molar-refractivity contribution in [3.8, 4) is 11.4 Å². The van der Waals surface area contributed by atoms with E-state index in [1.54, 1.807) is 18.0 Å². The summed E-state index contributed by atoms with van der Waals surface area (Å²) in [5.74, 6) is 2.53. The quantitative estimate of drug-likeness (QED) is 0.489. The first-order valence-electron chi connectivity index (χ1n) is 7.46. The summed E-state index contributed by atoms with van der Waals surface area (Å²) >= 11 is 1.68. The Bertz CT molecular complexity index is 802. The van der Waals surface area contributed by atoms with Gasteiger partial charge in [-0.25, -0.2) is 0 Å². The largest absolute Gasteiger partial charge is 0.469 e. The Balaban J connectivity index is 1.84. The van der Waals surface area contributed by atoms with Gasteiger partial charge in [-0.2, -0.15) is 0 Å². The molecule has 3 aromatic rings. The molecule has 0 aliphatic carbocycles. The normalized spacial score (nSPS) is 10.9. The molecule has 5 heteroatoms. The van der Waals surface area contributed by atoms with Gasteiger partial charge < -0.3 is 4.42 Å². The van der Waals surface area contributed by atoms with Crippen molar-refractivity contribution in [1.82, 2.24) is 14.8 Å². The Labute approximate surface area is 140 Å². The zero-order chi connectivity index (χ0) is 16.2. The average Bonchev–Trinajstić information content (AvgIpc) is 3.13. The zero-order valence-corrected chi connectivity index (χ0v) is 14.1. The van der Waals surface area contributed by atoms with E-state index in [2.05, 4.69) is 52.5 Å². The van der Waals surface area contributed by atoms with Gasteiger partial charge in [0.2, 0.25) is 0 Å². The molecule has 2 heterocycles. The maximum absolute atomic E-state index is 5.39. The first-order valence-corrected chi connectivity index (χ1v) is 8.44. The predicted octanol–water partition coefficient (Wildman–Crippen LogP) is 4.63. The van der Waals surface area contributed by atoms with Crippen LogP contribution in [-0.2, 0) is 12.3 Å². The standard InChI is InChI=1S/C18H19N3OS/c1-4-10-21-17(16-9-11-22-14(16)3)19-20-18(21)23-12-15-7-5-13(2)6-8-15/h4-9,11H,1,10,12H2,2-3H3. The van der Waals surface area contributed by atoms with Crippen LogP contribution in [0.25, 0.3) is 11.4 Å². The summed E-state index contributed by atoms with van der Waals surface area (Å²) in [4.78, 5) is 0. The van der Waals surface area contributed by atoms with Crippen LogP contribution in [0.5, 0.6) is 0 Å². The van der Waals surface area contributed by atoms with Crippen molar-refractivity contribution < 1.29 is 4.42 Å². The van der Waals surface area contributed by atoms with E-state index in [-0.39, 0.29) is 0 Å². The topological polar surface area (TPSA) is 43.9 Å². The van der Waals surface area contributed by atoms with Gasteiger partial charge in [0, 0.05) is 12.3 Å². The molecule has 1 aromatic carbocycles. The van der Waals surface area contributed by atoms with E-state index in [1.165, 1.54) is 11.1 Å². The van der Waals surface area contributed by atoms with Crippen LogP contribution >= 0.6 is 11.8 Å². The maximum atomic E-state index is 5.39. The van der Waals surface area contributed by atoms with Crippen LogP contribution in [0, 0.1) is 13.8 Å². The molecule has 23 heavy (non-hydrogen) atoms. The molecule has 0 atom stereocenters.